The molecule has 2 aromatic rings. The number of ketones is 2. The topological polar surface area (TPSA) is 52.0 Å². The van der Waals surface area contributed by atoms with Gasteiger partial charge < -0.3 is 0 Å². The van der Waals surface area contributed by atoms with Crippen LogP contribution in [-0.4, -0.2) is 21.3 Å². The maximum Gasteiger partial charge on any atom is 0.174 e. The second kappa shape index (κ2) is 6.41. The minimum absolute atomic E-state index is 0.251. The zero-order chi connectivity index (χ0) is 15.6. The zero-order valence-electron chi connectivity index (χ0n) is 11.7. The van der Waals surface area contributed by atoms with Gasteiger partial charge >= 0.3 is 0 Å². The van der Waals surface area contributed by atoms with Crippen LogP contribution in [-0.2, 0) is 13.5 Å². The van der Waals surface area contributed by atoms with Crippen LogP contribution in [0.3, 0.4) is 0 Å². The molecular weight excluding hydrogens is 311 g/mol. The maximum atomic E-state index is 12.3. The van der Waals surface area contributed by atoms with E-state index < -0.39 is 0 Å². The third-order valence-electron chi connectivity index (χ3n) is 3.09. The molecule has 21 heavy (non-hydrogen) atoms. The standard InChI is InChI=1S/C15H14Cl2N2O2/c1-3-13-11(8-19(2)18-13)15(21)7-14(20)10-6-9(16)4-5-12(10)17/h4-6,8H,3,7H2,1-2H3. The number of hydrogen-bond donors (Lipinski definition) is 0. The average Bonchev–Trinajstić information content (AvgIpc) is 2.82. The molecule has 0 fully saturated rings. The highest BCUT2D eigenvalue weighted by molar-refractivity contribution is 6.36. The average molecular weight is 325 g/mol. The summed E-state index contributed by atoms with van der Waals surface area (Å²) in [6, 6.07) is 4.62. The fraction of sp³-hybridized carbons (Fsp3) is 0.267. The number of hydrogen-bond acceptors (Lipinski definition) is 3. The van der Waals surface area contributed by atoms with Gasteiger partial charge in [0, 0.05) is 23.8 Å². The van der Waals surface area contributed by atoms with Gasteiger partial charge in [-0.15, -0.1) is 0 Å². The first-order valence-electron chi connectivity index (χ1n) is 6.46. The van der Waals surface area contributed by atoms with Crippen LogP contribution in [0.15, 0.2) is 24.4 Å². The number of rotatable bonds is 5. The first-order valence-corrected chi connectivity index (χ1v) is 7.22. The summed E-state index contributed by atoms with van der Waals surface area (Å²) in [5.74, 6) is -0.612. The largest absolute Gasteiger partial charge is 0.294 e. The van der Waals surface area contributed by atoms with Crippen molar-refractivity contribution < 1.29 is 9.59 Å². The van der Waals surface area contributed by atoms with Crippen LogP contribution in [0.25, 0.3) is 0 Å². The Labute approximate surface area is 132 Å². The Bertz CT molecular complexity index is 708. The predicted octanol–water partition coefficient (Wildman–Crippen LogP) is 3.75. The quantitative estimate of drug-likeness (QED) is 0.621. The zero-order valence-corrected chi connectivity index (χ0v) is 13.2. The van der Waals surface area contributed by atoms with Gasteiger partial charge in [-0.3, -0.25) is 14.3 Å². The van der Waals surface area contributed by atoms with Crippen molar-refractivity contribution in [3.63, 3.8) is 0 Å². The first-order chi connectivity index (χ1) is 9.92. The highest BCUT2D eigenvalue weighted by Crippen LogP contribution is 2.23. The van der Waals surface area contributed by atoms with Crippen molar-refractivity contribution in [2.24, 2.45) is 7.05 Å². The van der Waals surface area contributed by atoms with E-state index in [1.54, 1.807) is 30.1 Å². The number of aromatic nitrogens is 2. The lowest BCUT2D eigenvalue weighted by atomic mass is 10.0. The highest BCUT2D eigenvalue weighted by Gasteiger charge is 2.20. The normalized spacial score (nSPS) is 10.7. The fourth-order valence-corrected chi connectivity index (χ4v) is 2.47. The number of aryl methyl sites for hydroxylation is 2. The Kier molecular flexibility index (Phi) is 4.80. The molecule has 2 rings (SSSR count). The van der Waals surface area contributed by atoms with Crippen molar-refractivity contribution in [1.29, 1.82) is 0 Å². The molecule has 1 heterocycles. The van der Waals surface area contributed by atoms with Crippen LogP contribution in [0, 0.1) is 0 Å². The molecule has 0 aliphatic rings. The molecule has 4 nitrogen and oxygen atoms in total. The fourth-order valence-electron chi connectivity index (χ4n) is 2.08. The summed E-state index contributed by atoms with van der Waals surface area (Å²) in [4.78, 5) is 24.5. The van der Waals surface area contributed by atoms with Gasteiger partial charge in [-0.25, -0.2) is 0 Å². The van der Waals surface area contributed by atoms with Crippen molar-refractivity contribution >= 4 is 34.8 Å². The Morgan fingerprint density at radius 2 is 1.86 bits per heavy atom. The molecule has 0 unspecified atom stereocenters. The van der Waals surface area contributed by atoms with Crippen molar-refractivity contribution in [3.05, 3.63) is 51.3 Å². The van der Waals surface area contributed by atoms with Crippen LogP contribution < -0.4 is 0 Å². The maximum absolute atomic E-state index is 12.3. The Balaban J connectivity index is 2.23. The molecule has 0 aliphatic carbocycles. The molecule has 1 aromatic heterocycles. The third-order valence-corrected chi connectivity index (χ3v) is 3.66. The number of benzene rings is 1. The van der Waals surface area contributed by atoms with E-state index in [1.807, 2.05) is 6.92 Å². The van der Waals surface area contributed by atoms with E-state index in [-0.39, 0.29) is 23.6 Å². The van der Waals surface area contributed by atoms with Crippen molar-refractivity contribution in [2.45, 2.75) is 19.8 Å². The lowest BCUT2D eigenvalue weighted by molar-refractivity contribution is 0.0894. The SMILES string of the molecule is CCc1nn(C)cc1C(=O)CC(=O)c1cc(Cl)ccc1Cl. The lowest BCUT2D eigenvalue weighted by Crippen LogP contribution is -2.10. The second-order valence-electron chi connectivity index (χ2n) is 4.66. The van der Waals surface area contributed by atoms with E-state index in [0.29, 0.717) is 27.7 Å². The van der Waals surface area contributed by atoms with Gasteiger partial charge in [0.15, 0.2) is 11.6 Å². The van der Waals surface area contributed by atoms with Gasteiger partial charge in [0.1, 0.15) is 0 Å². The van der Waals surface area contributed by atoms with Gasteiger partial charge in [-0.05, 0) is 24.6 Å². The van der Waals surface area contributed by atoms with E-state index in [2.05, 4.69) is 5.10 Å². The number of halogens is 2. The molecule has 0 atom stereocenters. The molecule has 0 amide bonds. The van der Waals surface area contributed by atoms with Gasteiger partial charge in [0.2, 0.25) is 0 Å². The Morgan fingerprint density at radius 1 is 1.19 bits per heavy atom. The van der Waals surface area contributed by atoms with Gasteiger partial charge in [0.25, 0.3) is 0 Å². The van der Waals surface area contributed by atoms with Gasteiger partial charge in [-0.2, -0.15) is 5.10 Å². The Hall–Kier alpha value is -1.65. The second-order valence-corrected chi connectivity index (χ2v) is 5.51. The number of carbonyl (C=O) groups excluding carboxylic acids is 2. The van der Waals surface area contributed by atoms with Crippen LogP contribution in [0.2, 0.25) is 10.0 Å². The molecule has 6 heteroatoms. The summed E-state index contributed by atoms with van der Waals surface area (Å²) in [7, 11) is 1.74. The van der Waals surface area contributed by atoms with E-state index in [4.69, 9.17) is 23.2 Å². The van der Waals surface area contributed by atoms with E-state index >= 15 is 0 Å². The Morgan fingerprint density at radius 3 is 2.52 bits per heavy atom. The molecule has 110 valence electrons. The third kappa shape index (κ3) is 3.52. The van der Waals surface area contributed by atoms with Crippen LogP contribution in [0.5, 0.6) is 0 Å². The molecule has 0 spiro atoms. The molecular formula is C15H14Cl2N2O2. The van der Waals surface area contributed by atoms with Crippen LogP contribution in [0.4, 0.5) is 0 Å². The number of carbonyl (C=O) groups is 2. The molecule has 1 aromatic carbocycles. The van der Waals surface area contributed by atoms with Crippen molar-refractivity contribution in [3.8, 4) is 0 Å². The van der Waals surface area contributed by atoms with Gasteiger partial charge in [0.05, 0.1) is 22.7 Å². The monoisotopic (exact) mass is 324 g/mol. The predicted molar refractivity (Wildman–Crippen MR) is 82.3 cm³/mol. The lowest BCUT2D eigenvalue weighted by Gasteiger charge is -2.04. The minimum atomic E-state index is -0.349. The molecule has 0 saturated carbocycles. The minimum Gasteiger partial charge on any atom is -0.294 e. The van der Waals surface area contributed by atoms with E-state index in [1.165, 1.54) is 6.07 Å². The first kappa shape index (κ1) is 15.7. The van der Waals surface area contributed by atoms with Gasteiger partial charge in [-0.1, -0.05) is 30.1 Å². The summed E-state index contributed by atoms with van der Waals surface area (Å²) in [6.45, 7) is 1.91. The summed E-state index contributed by atoms with van der Waals surface area (Å²) < 4.78 is 1.57. The summed E-state index contributed by atoms with van der Waals surface area (Å²) in [6.07, 6.45) is 2.01. The molecule has 0 bridgehead atoms. The summed E-state index contributed by atoms with van der Waals surface area (Å²) in [5.41, 5.74) is 1.43. The van der Waals surface area contributed by atoms with Crippen LogP contribution in [0.1, 0.15) is 39.8 Å². The van der Waals surface area contributed by atoms with E-state index in [0.717, 1.165) is 0 Å². The summed E-state index contributed by atoms with van der Waals surface area (Å²) in [5, 5.41) is 4.90. The van der Waals surface area contributed by atoms with E-state index in [9.17, 15) is 9.59 Å². The molecule has 0 N–H and O–H groups in total. The number of nitrogens with zero attached hydrogens (tertiary/aromatic N) is 2. The van der Waals surface area contributed by atoms with Crippen LogP contribution >= 0.6 is 23.2 Å². The number of Topliss-reactive ketones (excluding diaryl/α,β-unsaturated/α-hetero) is 2. The van der Waals surface area contributed by atoms with Crippen molar-refractivity contribution in [2.75, 3.05) is 0 Å². The highest BCUT2D eigenvalue weighted by atomic mass is 35.5. The molecule has 0 aliphatic heterocycles. The smallest absolute Gasteiger partial charge is 0.174 e. The van der Waals surface area contributed by atoms with Crippen molar-refractivity contribution in [1.82, 2.24) is 9.78 Å². The molecule has 0 saturated heterocycles. The summed E-state index contributed by atoms with van der Waals surface area (Å²) >= 11 is 11.8. The molecule has 0 radical (unpaired) electrons.